The molecule has 1 rings (SSSR count). The third-order valence-corrected chi connectivity index (χ3v) is 3.51. The number of nitrogens with one attached hydrogen (secondary N) is 1. The molecule has 0 aliphatic heterocycles. The van der Waals surface area contributed by atoms with Crippen LogP contribution in [-0.4, -0.2) is 11.9 Å². The zero-order valence-electron chi connectivity index (χ0n) is 12.2. The first-order valence-electron chi connectivity index (χ1n) is 6.75. The van der Waals surface area contributed by atoms with Gasteiger partial charge < -0.3 is 5.32 Å². The maximum absolute atomic E-state index is 11.8. The molecular formula is C16H25NO. The Balaban J connectivity index is 2.47. The Bertz CT molecular complexity index is 410. The second kappa shape index (κ2) is 6.58. The van der Waals surface area contributed by atoms with Gasteiger partial charge in [-0.3, -0.25) is 4.79 Å². The number of aryl methyl sites for hydroxylation is 3. The molecule has 1 aromatic rings. The lowest BCUT2D eigenvalue weighted by molar-refractivity contribution is -0.121. The lowest BCUT2D eigenvalue weighted by Gasteiger charge is -2.17. The normalized spacial score (nSPS) is 12.6. The first-order valence-corrected chi connectivity index (χ1v) is 6.75. The van der Waals surface area contributed by atoms with Crippen LogP contribution in [0.25, 0.3) is 0 Å². The molecule has 1 N–H and O–H groups in total. The summed E-state index contributed by atoms with van der Waals surface area (Å²) in [5, 5.41) is 3.04. The van der Waals surface area contributed by atoms with Crippen molar-refractivity contribution in [1.29, 1.82) is 0 Å². The lowest BCUT2D eigenvalue weighted by Crippen LogP contribution is -2.36. The third-order valence-electron chi connectivity index (χ3n) is 3.51. The van der Waals surface area contributed by atoms with E-state index in [0.29, 0.717) is 12.3 Å². The highest BCUT2D eigenvalue weighted by atomic mass is 16.1. The van der Waals surface area contributed by atoms with Gasteiger partial charge in [-0.1, -0.05) is 37.6 Å². The average molecular weight is 247 g/mol. The molecule has 1 aromatic carbocycles. The standard InChI is InChI=1S/C16H25NO/c1-11(2)14(5)17-16(18)9-8-15-7-6-12(3)10-13(15)4/h6-7,10-11,14H,8-9H2,1-5H3,(H,17,18). The summed E-state index contributed by atoms with van der Waals surface area (Å²) >= 11 is 0. The van der Waals surface area contributed by atoms with Crippen molar-refractivity contribution >= 4 is 5.91 Å². The van der Waals surface area contributed by atoms with Gasteiger partial charge in [-0.05, 0) is 44.2 Å². The number of benzene rings is 1. The van der Waals surface area contributed by atoms with Crippen LogP contribution in [0.3, 0.4) is 0 Å². The quantitative estimate of drug-likeness (QED) is 0.849. The van der Waals surface area contributed by atoms with Crippen LogP contribution in [-0.2, 0) is 11.2 Å². The molecule has 0 bridgehead atoms. The second-order valence-corrected chi connectivity index (χ2v) is 5.53. The van der Waals surface area contributed by atoms with Crippen molar-refractivity contribution in [3.8, 4) is 0 Å². The van der Waals surface area contributed by atoms with Crippen LogP contribution in [0.1, 0.15) is 43.9 Å². The topological polar surface area (TPSA) is 29.1 Å². The molecule has 0 aromatic heterocycles. The Morgan fingerprint density at radius 1 is 1.22 bits per heavy atom. The molecule has 0 heterocycles. The number of rotatable bonds is 5. The van der Waals surface area contributed by atoms with Crippen LogP contribution in [0.4, 0.5) is 0 Å². The van der Waals surface area contributed by atoms with Gasteiger partial charge in [-0.2, -0.15) is 0 Å². The van der Waals surface area contributed by atoms with Gasteiger partial charge in [0.25, 0.3) is 0 Å². The summed E-state index contributed by atoms with van der Waals surface area (Å²) < 4.78 is 0. The minimum Gasteiger partial charge on any atom is -0.353 e. The molecule has 1 atom stereocenters. The Morgan fingerprint density at radius 3 is 2.44 bits per heavy atom. The fraction of sp³-hybridized carbons (Fsp3) is 0.562. The van der Waals surface area contributed by atoms with Gasteiger partial charge in [0.05, 0.1) is 0 Å². The summed E-state index contributed by atoms with van der Waals surface area (Å²) in [6.07, 6.45) is 1.39. The minimum atomic E-state index is 0.149. The molecule has 18 heavy (non-hydrogen) atoms. The number of hydrogen-bond donors (Lipinski definition) is 1. The van der Waals surface area contributed by atoms with Crippen LogP contribution >= 0.6 is 0 Å². The van der Waals surface area contributed by atoms with Crippen molar-refractivity contribution < 1.29 is 4.79 Å². The highest BCUT2D eigenvalue weighted by Crippen LogP contribution is 2.12. The molecule has 0 fully saturated rings. The highest BCUT2D eigenvalue weighted by Gasteiger charge is 2.11. The summed E-state index contributed by atoms with van der Waals surface area (Å²) in [6, 6.07) is 6.65. The summed E-state index contributed by atoms with van der Waals surface area (Å²) in [6.45, 7) is 10.5. The summed E-state index contributed by atoms with van der Waals surface area (Å²) in [5.74, 6) is 0.631. The first kappa shape index (κ1) is 14.7. The van der Waals surface area contributed by atoms with Gasteiger partial charge in [0.2, 0.25) is 5.91 Å². The van der Waals surface area contributed by atoms with E-state index in [2.05, 4.69) is 58.1 Å². The molecule has 0 saturated heterocycles. The minimum absolute atomic E-state index is 0.149. The first-order chi connectivity index (χ1) is 8.40. The summed E-state index contributed by atoms with van der Waals surface area (Å²) in [4.78, 5) is 11.8. The largest absolute Gasteiger partial charge is 0.353 e. The van der Waals surface area contributed by atoms with E-state index < -0.39 is 0 Å². The van der Waals surface area contributed by atoms with E-state index >= 15 is 0 Å². The van der Waals surface area contributed by atoms with Gasteiger partial charge >= 0.3 is 0 Å². The van der Waals surface area contributed by atoms with E-state index in [-0.39, 0.29) is 11.9 Å². The number of carbonyl (C=O) groups is 1. The van der Waals surface area contributed by atoms with Crippen molar-refractivity contribution in [2.45, 2.75) is 53.5 Å². The molecule has 2 nitrogen and oxygen atoms in total. The Kier molecular flexibility index (Phi) is 5.39. The summed E-state index contributed by atoms with van der Waals surface area (Å²) in [7, 11) is 0. The molecule has 1 amide bonds. The molecule has 0 spiro atoms. The van der Waals surface area contributed by atoms with Crippen molar-refractivity contribution in [2.24, 2.45) is 5.92 Å². The van der Waals surface area contributed by atoms with Crippen LogP contribution < -0.4 is 5.32 Å². The molecular weight excluding hydrogens is 222 g/mol. The predicted octanol–water partition coefficient (Wildman–Crippen LogP) is 3.40. The van der Waals surface area contributed by atoms with Crippen LogP contribution in [0.2, 0.25) is 0 Å². The molecule has 0 aliphatic rings. The lowest BCUT2D eigenvalue weighted by atomic mass is 10.0. The zero-order valence-corrected chi connectivity index (χ0v) is 12.2. The van der Waals surface area contributed by atoms with Crippen molar-refractivity contribution in [2.75, 3.05) is 0 Å². The van der Waals surface area contributed by atoms with E-state index in [1.807, 2.05) is 0 Å². The third kappa shape index (κ3) is 4.52. The summed E-state index contributed by atoms with van der Waals surface area (Å²) in [5.41, 5.74) is 3.82. The van der Waals surface area contributed by atoms with E-state index in [9.17, 15) is 4.79 Å². The molecule has 0 aliphatic carbocycles. The Labute approximate surface area is 111 Å². The van der Waals surface area contributed by atoms with E-state index in [0.717, 1.165) is 6.42 Å². The van der Waals surface area contributed by atoms with Gasteiger partial charge in [0.15, 0.2) is 0 Å². The highest BCUT2D eigenvalue weighted by molar-refractivity contribution is 5.76. The molecule has 0 saturated carbocycles. The monoisotopic (exact) mass is 247 g/mol. The van der Waals surface area contributed by atoms with Crippen molar-refractivity contribution in [3.05, 3.63) is 34.9 Å². The predicted molar refractivity (Wildman–Crippen MR) is 76.7 cm³/mol. The average Bonchev–Trinajstić information content (AvgIpc) is 2.27. The van der Waals surface area contributed by atoms with Crippen LogP contribution in [0.15, 0.2) is 18.2 Å². The Hall–Kier alpha value is -1.31. The second-order valence-electron chi connectivity index (χ2n) is 5.53. The molecule has 2 heteroatoms. The van der Waals surface area contributed by atoms with Gasteiger partial charge in [0.1, 0.15) is 0 Å². The molecule has 0 radical (unpaired) electrons. The SMILES string of the molecule is Cc1ccc(CCC(=O)NC(C)C(C)C)c(C)c1. The smallest absolute Gasteiger partial charge is 0.220 e. The van der Waals surface area contributed by atoms with Gasteiger partial charge in [0, 0.05) is 12.5 Å². The Morgan fingerprint density at radius 2 is 1.89 bits per heavy atom. The van der Waals surface area contributed by atoms with E-state index in [1.165, 1.54) is 16.7 Å². The number of carbonyl (C=O) groups excluding carboxylic acids is 1. The zero-order chi connectivity index (χ0) is 13.7. The molecule has 1 unspecified atom stereocenters. The van der Waals surface area contributed by atoms with Crippen LogP contribution in [0, 0.1) is 19.8 Å². The number of hydrogen-bond acceptors (Lipinski definition) is 1. The van der Waals surface area contributed by atoms with Gasteiger partial charge in [-0.15, -0.1) is 0 Å². The van der Waals surface area contributed by atoms with Crippen molar-refractivity contribution in [3.63, 3.8) is 0 Å². The van der Waals surface area contributed by atoms with E-state index in [4.69, 9.17) is 0 Å². The molecule has 100 valence electrons. The fourth-order valence-corrected chi connectivity index (χ4v) is 1.87. The number of amides is 1. The van der Waals surface area contributed by atoms with Crippen LogP contribution in [0.5, 0.6) is 0 Å². The fourth-order valence-electron chi connectivity index (χ4n) is 1.87. The van der Waals surface area contributed by atoms with Crippen molar-refractivity contribution in [1.82, 2.24) is 5.32 Å². The van der Waals surface area contributed by atoms with E-state index in [1.54, 1.807) is 0 Å². The maximum Gasteiger partial charge on any atom is 0.220 e. The maximum atomic E-state index is 11.8. The van der Waals surface area contributed by atoms with Gasteiger partial charge in [-0.25, -0.2) is 0 Å².